The smallest absolute Gasteiger partial charge is 0.234 e. The largest absolute Gasteiger partial charge is 0.497 e. The molecule has 0 aromatic heterocycles. The third-order valence-electron chi connectivity index (χ3n) is 4.07. The Morgan fingerprint density at radius 3 is 2.73 bits per heavy atom. The molecule has 140 valence electrons. The van der Waals surface area contributed by atoms with Crippen LogP contribution in [0.1, 0.15) is 17.5 Å². The van der Waals surface area contributed by atoms with E-state index >= 15 is 0 Å². The number of carbonyl (C=O) groups excluding carboxylic acids is 1. The molecule has 0 unspecified atom stereocenters. The molecule has 1 N–H and O–H groups in total. The van der Waals surface area contributed by atoms with Crippen LogP contribution in [0.25, 0.3) is 0 Å². The van der Waals surface area contributed by atoms with Crippen LogP contribution in [0.5, 0.6) is 11.5 Å². The van der Waals surface area contributed by atoms with Crippen molar-refractivity contribution in [1.82, 2.24) is 10.2 Å². The van der Waals surface area contributed by atoms with Crippen LogP contribution in [0, 0.1) is 6.92 Å². The van der Waals surface area contributed by atoms with Crippen LogP contribution in [-0.2, 0) is 11.3 Å². The molecule has 0 bridgehead atoms. The zero-order chi connectivity index (χ0) is 18.8. The van der Waals surface area contributed by atoms with E-state index in [-0.39, 0.29) is 5.91 Å². The van der Waals surface area contributed by atoms with E-state index in [0.717, 1.165) is 35.6 Å². The van der Waals surface area contributed by atoms with E-state index in [9.17, 15) is 4.79 Å². The summed E-state index contributed by atoms with van der Waals surface area (Å²) in [6, 6.07) is 15.7. The SMILES string of the molecule is COc1cccc(CNC(=O)CN(C)CCCOc2ccccc2C)c1. The molecule has 0 radical (unpaired) electrons. The fourth-order valence-corrected chi connectivity index (χ4v) is 2.60. The van der Waals surface area contributed by atoms with Gasteiger partial charge in [-0.1, -0.05) is 30.3 Å². The molecule has 0 fully saturated rings. The number of carbonyl (C=O) groups is 1. The van der Waals surface area contributed by atoms with Gasteiger partial charge in [-0.3, -0.25) is 9.69 Å². The van der Waals surface area contributed by atoms with Crippen molar-refractivity contribution < 1.29 is 14.3 Å². The van der Waals surface area contributed by atoms with Gasteiger partial charge in [-0.05, 0) is 49.7 Å². The van der Waals surface area contributed by atoms with E-state index in [1.807, 2.05) is 67.4 Å². The minimum Gasteiger partial charge on any atom is -0.497 e. The van der Waals surface area contributed by atoms with E-state index in [1.165, 1.54) is 0 Å². The molecule has 5 heteroatoms. The predicted octanol–water partition coefficient (Wildman–Crippen LogP) is 3.02. The maximum Gasteiger partial charge on any atom is 0.234 e. The van der Waals surface area contributed by atoms with E-state index in [2.05, 4.69) is 5.32 Å². The molecule has 0 spiro atoms. The molecule has 0 aliphatic rings. The number of nitrogens with zero attached hydrogens (tertiary/aromatic N) is 1. The normalized spacial score (nSPS) is 10.6. The monoisotopic (exact) mass is 356 g/mol. The first-order chi connectivity index (χ1) is 12.6. The number of benzene rings is 2. The van der Waals surface area contributed by atoms with Gasteiger partial charge in [0.1, 0.15) is 11.5 Å². The van der Waals surface area contributed by atoms with Gasteiger partial charge >= 0.3 is 0 Å². The van der Waals surface area contributed by atoms with Gasteiger partial charge in [-0.2, -0.15) is 0 Å². The second-order valence-electron chi connectivity index (χ2n) is 6.33. The number of aryl methyl sites for hydroxylation is 1. The minimum absolute atomic E-state index is 0.00939. The Bertz CT molecular complexity index is 703. The van der Waals surface area contributed by atoms with Gasteiger partial charge in [-0.25, -0.2) is 0 Å². The lowest BCUT2D eigenvalue weighted by Gasteiger charge is -2.17. The van der Waals surface area contributed by atoms with Gasteiger partial charge in [-0.15, -0.1) is 0 Å². The number of ether oxygens (including phenoxy) is 2. The lowest BCUT2D eigenvalue weighted by Crippen LogP contribution is -2.35. The highest BCUT2D eigenvalue weighted by molar-refractivity contribution is 5.77. The summed E-state index contributed by atoms with van der Waals surface area (Å²) in [6.45, 7) is 4.35. The van der Waals surface area contributed by atoms with Crippen molar-refractivity contribution in [2.75, 3.05) is 33.9 Å². The fraction of sp³-hybridized carbons (Fsp3) is 0.381. The molecule has 1 amide bonds. The van der Waals surface area contributed by atoms with Crippen molar-refractivity contribution in [3.63, 3.8) is 0 Å². The number of nitrogens with one attached hydrogen (secondary N) is 1. The molecular formula is C21H28N2O3. The summed E-state index contributed by atoms with van der Waals surface area (Å²) in [5, 5.41) is 2.94. The van der Waals surface area contributed by atoms with Gasteiger partial charge in [0.2, 0.25) is 5.91 Å². The first-order valence-corrected chi connectivity index (χ1v) is 8.85. The summed E-state index contributed by atoms with van der Waals surface area (Å²) in [5.74, 6) is 1.73. The molecule has 5 nitrogen and oxygen atoms in total. The Morgan fingerprint density at radius 2 is 1.96 bits per heavy atom. The van der Waals surface area contributed by atoms with Crippen LogP contribution in [0.4, 0.5) is 0 Å². The zero-order valence-corrected chi connectivity index (χ0v) is 15.8. The fourth-order valence-electron chi connectivity index (χ4n) is 2.60. The van der Waals surface area contributed by atoms with Crippen LogP contribution >= 0.6 is 0 Å². The highest BCUT2D eigenvalue weighted by Crippen LogP contribution is 2.16. The summed E-state index contributed by atoms with van der Waals surface area (Å²) in [4.78, 5) is 14.1. The Balaban J connectivity index is 1.63. The van der Waals surface area contributed by atoms with Gasteiger partial charge in [0.15, 0.2) is 0 Å². The highest BCUT2D eigenvalue weighted by Gasteiger charge is 2.07. The number of amides is 1. The summed E-state index contributed by atoms with van der Waals surface area (Å²) < 4.78 is 11.0. The van der Waals surface area contributed by atoms with E-state index in [4.69, 9.17) is 9.47 Å². The Hall–Kier alpha value is -2.53. The Morgan fingerprint density at radius 1 is 1.15 bits per heavy atom. The average molecular weight is 356 g/mol. The lowest BCUT2D eigenvalue weighted by atomic mass is 10.2. The first-order valence-electron chi connectivity index (χ1n) is 8.85. The van der Waals surface area contributed by atoms with Crippen molar-refractivity contribution in [2.24, 2.45) is 0 Å². The van der Waals surface area contributed by atoms with Crippen molar-refractivity contribution in [1.29, 1.82) is 0 Å². The summed E-state index contributed by atoms with van der Waals surface area (Å²) in [5.41, 5.74) is 2.16. The minimum atomic E-state index is 0.00939. The number of methoxy groups -OCH3 is 1. The number of likely N-dealkylation sites (N-methyl/N-ethyl adjacent to an activating group) is 1. The topological polar surface area (TPSA) is 50.8 Å². The van der Waals surface area contributed by atoms with Gasteiger partial charge in [0.05, 0.1) is 20.3 Å². The van der Waals surface area contributed by atoms with Crippen molar-refractivity contribution in [3.8, 4) is 11.5 Å². The van der Waals surface area contributed by atoms with Crippen LogP contribution in [-0.4, -0.2) is 44.7 Å². The summed E-state index contributed by atoms with van der Waals surface area (Å²) in [6.07, 6.45) is 0.869. The standard InChI is InChI=1S/C21H28N2O3/c1-17-8-4-5-11-20(17)26-13-7-12-23(2)16-21(24)22-15-18-9-6-10-19(14-18)25-3/h4-6,8-11,14H,7,12-13,15-16H2,1-3H3,(H,22,24). The molecule has 2 rings (SSSR count). The first kappa shape index (κ1) is 19.8. The Kier molecular flexibility index (Phi) is 7.96. The second-order valence-corrected chi connectivity index (χ2v) is 6.33. The van der Waals surface area contributed by atoms with Crippen molar-refractivity contribution in [2.45, 2.75) is 19.9 Å². The van der Waals surface area contributed by atoms with Crippen LogP contribution in [0.3, 0.4) is 0 Å². The molecule has 0 saturated carbocycles. The van der Waals surface area contributed by atoms with Crippen LogP contribution in [0.15, 0.2) is 48.5 Å². The van der Waals surface area contributed by atoms with E-state index in [0.29, 0.717) is 19.7 Å². The molecule has 0 atom stereocenters. The second kappa shape index (κ2) is 10.5. The molecule has 0 aliphatic carbocycles. The zero-order valence-electron chi connectivity index (χ0n) is 15.8. The van der Waals surface area contributed by atoms with Crippen LogP contribution in [0.2, 0.25) is 0 Å². The average Bonchev–Trinajstić information content (AvgIpc) is 2.65. The maximum absolute atomic E-state index is 12.1. The maximum atomic E-state index is 12.1. The third-order valence-corrected chi connectivity index (χ3v) is 4.07. The highest BCUT2D eigenvalue weighted by atomic mass is 16.5. The Labute approximate surface area is 155 Å². The third kappa shape index (κ3) is 6.76. The van der Waals surface area contributed by atoms with Gasteiger partial charge < -0.3 is 14.8 Å². The van der Waals surface area contributed by atoms with Crippen molar-refractivity contribution in [3.05, 3.63) is 59.7 Å². The molecule has 2 aromatic rings. The number of rotatable bonds is 10. The van der Waals surface area contributed by atoms with Gasteiger partial charge in [0.25, 0.3) is 0 Å². The predicted molar refractivity (Wildman–Crippen MR) is 104 cm³/mol. The number of hydrogen-bond acceptors (Lipinski definition) is 4. The molecule has 0 heterocycles. The molecule has 0 saturated heterocycles. The molecule has 26 heavy (non-hydrogen) atoms. The molecule has 0 aliphatic heterocycles. The summed E-state index contributed by atoms with van der Waals surface area (Å²) >= 11 is 0. The quantitative estimate of drug-likeness (QED) is 0.665. The molecular weight excluding hydrogens is 328 g/mol. The van der Waals surface area contributed by atoms with E-state index < -0.39 is 0 Å². The summed E-state index contributed by atoms with van der Waals surface area (Å²) in [7, 11) is 3.58. The molecule has 2 aromatic carbocycles. The van der Waals surface area contributed by atoms with Gasteiger partial charge in [0, 0.05) is 13.1 Å². The van der Waals surface area contributed by atoms with Crippen molar-refractivity contribution >= 4 is 5.91 Å². The number of para-hydroxylation sites is 1. The lowest BCUT2D eigenvalue weighted by molar-refractivity contribution is -0.122. The van der Waals surface area contributed by atoms with Crippen LogP contribution < -0.4 is 14.8 Å². The number of hydrogen-bond donors (Lipinski definition) is 1. The van der Waals surface area contributed by atoms with E-state index in [1.54, 1.807) is 7.11 Å².